The van der Waals surface area contributed by atoms with Crippen LogP contribution in [0.1, 0.15) is 64.2 Å². The Hall–Kier alpha value is -0.610. The van der Waals surface area contributed by atoms with Crippen molar-refractivity contribution in [3.63, 3.8) is 0 Å². The molecule has 2 unspecified atom stereocenters. The van der Waals surface area contributed by atoms with E-state index in [2.05, 4.69) is 17.3 Å². The molecule has 0 radical (unpaired) electrons. The Morgan fingerprint density at radius 1 is 1.10 bits per heavy atom. The molecule has 1 aliphatic carbocycles. The minimum Gasteiger partial charge on any atom is -0.352 e. The zero-order chi connectivity index (χ0) is 14.2. The molecule has 2 saturated heterocycles. The summed E-state index contributed by atoms with van der Waals surface area (Å²) in [5.74, 6) is 0.116. The number of hydrogen-bond donors (Lipinski definition) is 2. The van der Waals surface area contributed by atoms with Crippen LogP contribution in [0.3, 0.4) is 0 Å². The standard InChI is InChI=1S/C16H29N3O/c1-19-13-6-5-7-14(19)11-12(10-13)18-15(20)16(17)8-3-2-4-9-16/h12-14H,2-11,17H2,1H3,(H,18,20). The summed E-state index contributed by atoms with van der Waals surface area (Å²) in [4.78, 5) is 15.1. The van der Waals surface area contributed by atoms with Gasteiger partial charge in [-0.3, -0.25) is 4.79 Å². The molecule has 2 heterocycles. The lowest BCUT2D eigenvalue weighted by atomic mass is 9.79. The molecule has 0 aromatic rings. The lowest BCUT2D eigenvalue weighted by Gasteiger charge is -2.47. The fourth-order valence-corrected chi connectivity index (χ4v) is 4.47. The number of rotatable bonds is 2. The molecular formula is C16H29N3O. The first-order valence-electron chi connectivity index (χ1n) is 8.40. The predicted octanol–water partition coefficient (Wildman–Crippen LogP) is 1.78. The van der Waals surface area contributed by atoms with Crippen molar-refractivity contribution in [1.29, 1.82) is 0 Å². The fourth-order valence-electron chi connectivity index (χ4n) is 4.47. The van der Waals surface area contributed by atoms with E-state index < -0.39 is 5.54 Å². The Morgan fingerprint density at radius 3 is 2.30 bits per heavy atom. The number of hydrogen-bond acceptors (Lipinski definition) is 3. The Morgan fingerprint density at radius 2 is 1.70 bits per heavy atom. The summed E-state index contributed by atoms with van der Waals surface area (Å²) >= 11 is 0. The quantitative estimate of drug-likeness (QED) is 0.810. The van der Waals surface area contributed by atoms with Crippen LogP contribution in [-0.4, -0.2) is 41.5 Å². The zero-order valence-electron chi connectivity index (χ0n) is 12.7. The molecule has 114 valence electrons. The summed E-state index contributed by atoms with van der Waals surface area (Å²) in [6.45, 7) is 0. The van der Waals surface area contributed by atoms with Crippen LogP contribution >= 0.6 is 0 Å². The van der Waals surface area contributed by atoms with E-state index in [1.54, 1.807) is 0 Å². The lowest BCUT2D eigenvalue weighted by molar-refractivity contribution is -0.129. The van der Waals surface area contributed by atoms with Gasteiger partial charge >= 0.3 is 0 Å². The molecule has 0 aromatic carbocycles. The molecule has 2 aliphatic heterocycles. The molecule has 0 aromatic heterocycles. The predicted molar refractivity (Wildman–Crippen MR) is 80.4 cm³/mol. The maximum Gasteiger partial charge on any atom is 0.240 e. The molecule has 2 atom stereocenters. The van der Waals surface area contributed by atoms with Gasteiger partial charge in [0.15, 0.2) is 0 Å². The molecule has 3 fully saturated rings. The summed E-state index contributed by atoms with van der Waals surface area (Å²) in [6, 6.07) is 1.66. The van der Waals surface area contributed by atoms with E-state index in [1.807, 2.05) is 0 Å². The van der Waals surface area contributed by atoms with E-state index in [4.69, 9.17) is 5.73 Å². The minimum atomic E-state index is -0.587. The highest BCUT2D eigenvalue weighted by Gasteiger charge is 2.40. The fraction of sp³-hybridized carbons (Fsp3) is 0.938. The first-order valence-corrected chi connectivity index (χ1v) is 8.40. The van der Waals surface area contributed by atoms with Gasteiger partial charge in [0.25, 0.3) is 0 Å². The van der Waals surface area contributed by atoms with Crippen molar-refractivity contribution in [2.24, 2.45) is 5.73 Å². The molecule has 4 heteroatoms. The first-order chi connectivity index (χ1) is 9.58. The van der Waals surface area contributed by atoms with Crippen molar-refractivity contribution in [2.75, 3.05) is 7.05 Å². The Balaban J connectivity index is 1.59. The third-order valence-electron chi connectivity index (χ3n) is 5.87. The second kappa shape index (κ2) is 5.64. The second-order valence-corrected chi connectivity index (χ2v) is 7.26. The number of carbonyl (C=O) groups excluding carboxylic acids is 1. The highest BCUT2D eigenvalue weighted by atomic mass is 16.2. The Bertz CT molecular complexity index is 351. The number of fused-ring (bicyclic) bond motifs is 2. The number of nitrogens with one attached hydrogen (secondary N) is 1. The van der Waals surface area contributed by atoms with E-state index in [0.29, 0.717) is 18.1 Å². The van der Waals surface area contributed by atoms with Crippen LogP contribution in [0.4, 0.5) is 0 Å². The van der Waals surface area contributed by atoms with Crippen molar-refractivity contribution in [2.45, 2.75) is 87.9 Å². The SMILES string of the molecule is CN1C2CCCC1CC(NC(=O)C1(N)CCCCC1)C2. The van der Waals surface area contributed by atoms with Gasteiger partial charge in [0.2, 0.25) is 5.91 Å². The number of amides is 1. The van der Waals surface area contributed by atoms with Gasteiger partial charge in [-0.1, -0.05) is 25.7 Å². The van der Waals surface area contributed by atoms with Crippen LogP contribution in [-0.2, 0) is 4.79 Å². The average Bonchev–Trinajstić information content (AvgIpc) is 2.41. The lowest BCUT2D eigenvalue weighted by Crippen LogP contribution is -2.61. The maximum absolute atomic E-state index is 12.5. The normalized spacial score (nSPS) is 37.4. The highest BCUT2D eigenvalue weighted by molar-refractivity contribution is 5.86. The number of nitrogens with two attached hydrogens (primary N) is 1. The largest absolute Gasteiger partial charge is 0.352 e. The van der Waals surface area contributed by atoms with Crippen molar-refractivity contribution in [1.82, 2.24) is 10.2 Å². The van der Waals surface area contributed by atoms with Crippen LogP contribution in [0.25, 0.3) is 0 Å². The summed E-state index contributed by atoms with van der Waals surface area (Å²) in [7, 11) is 2.25. The molecule has 3 rings (SSSR count). The molecule has 3 aliphatic rings. The number of nitrogens with zero attached hydrogens (tertiary/aromatic N) is 1. The smallest absolute Gasteiger partial charge is 0.240 e. The third-order valence-corrected chi connectivity index (χ3v) is 5.87. The van der Waals surface area contributed by atoms with Gasteiger partial charge in [-0.15, -0.1) is 0 Å². The van der Waals surface area contributed by atoms with E-state index in [0.717, 1.165) is 38.5 Å². The third kappa shape index (κ3) is 2.73. The van der Waals surface area contributed by atoms with Crippen molar-refractivity contribution >= 4 is 5.91 Å². The molecule has 4 nitrogen and oxygen atoms in total. The average molecular weight is 279 g/mol. The topological polar surface area (TPSA) is 58.4 Å². The molecule has 20 heavy (non-hydrogen) atoms. The highest BCUT2D eigenvalue weighted by Crippen LogP contribution is 2.33. The summed E-state index contributed by atoms with van der Waals surface area (Å²) in [5.41, 5.74) is 5.75. The van der Waals surface area contributed by atoms with Crippen LogP contribution < -0.4 is 11.1 Å². The van der Waals surface area contributed by atoms with Crippen LogP contribution in [0.5, 0.6) is 0 Å². The van der Waals surface area contributed by atoms with Crippen molar-refractivity contribution < 1.29 is 4.79 Å². The summed E-state index contributed by atoms with van der Waals surface area (Å²) < 4.78 is 0. The van der Waals surface area contributed by atoms with E-state index in [-0.39, 0.29) is 5.91 Å². The first kappa shape index (κ1) is 14.3. The van der Waals surface area contributed by atoms with Crippen LogP contribution in [0.15, 0.2) is 0 Å². The molecular weight excluding hydrogens is 250 g/mol. The monoisotopic (exact) mass is 279 g/mol. The van der Waals surface area contributed by atoms with Crippen molar-refractivity contribution in [3.8, 4) is 0 Å². The summed E-state index contributed by atoms with van der Waals surface area (Å²) in [6.07, 6.45) is 11.3. The molecule has 0 spiro atoms. The van der Waals surface area contributed by atoms with Crippen LogP contribution in [0, 0.1) is 0 Å². The van der Waals surface area contributed by atoms with Gasteiger partial charge in [-0.2, -0.15) is 0 Å². The van der Waals surface area contributed by atoms with E-state index >= 15 is 0 Å². The second-order valence-electron chi connectivity index (χ2n) is 7.26. The molecule has 1 saturated carbocycles. The van der Waals surface area contributed by atoms with Gasteiger partial charge in [-0.05, 0) is 45.6 Å². The maximum atomic E-state index is 12.5. The van der Waals surface area contributed by atoms with E-state index in [1.165, 1.54) is 25.7 Å². The van der Waals surface area contributed by atoms with Gasteiger partial charge in [-0.25, -0.2) is 0 Å². The Labute approximate surface area is 122 Å². The molecule has 3 N–H and O–H groups in total. The van der Waals surface area contributed by atoms with Crippen LogP contribution in [0.2, 0.25) is 0 Å². The van der Waals surface area contributed by atoms with Gasteiger partial charge < -0.3 is 16.0 Å². The van der Waals surface area contributed by atoms with Crippen molar-refractivity contribution in [3.05, 3.63) is 0 Å². The zero-order valence-corrected chi connectivity index (χ0v) is 12.7. The number of piperidine rings is 2. The Kier molecular flexibility index (Phi) is 4.04. The van der Waals surface area contributed by atoms with Gasteiger partial charge in [0.1, 0.15) is 0 Å². The van der Waals surface area contributed by atoms with Gasteiger partial charge in [0, 0.05) is 18.1 Å². The minimum absolute atomic E-state index is 0.116. The summed E-state index contributed by atoms with van der Waals surface area (Å²) in [5, 5.41) is 3.29. The molecule has 2 bridgehead atoms. The van der Waals surface area contributed by atoms with Gasteiger partial charge in [0.05, 0.1) is 5.54 Å². The van der Waals surface area contributed by atoms with E-state index in [9.17, 15) is 4.79 Å². The number of carbonyl (C=O) groups is 1. The molecule has 1 amide bonds.